The Bertz CT molecular complexity index is 741. The number of hydrogen-bond acceptors (Lipinski definition) is 2. The molecule has 0 bridgehead atoms. The van der Waals surface area contributed by atoms with Gasteiger partial charge in [-0.15, -0.1) is 0 Å². The molecular formula is C16H17N3. The molecule has 0 saturated carbocycles. The molecule has 96 valence electrons. The van der Waals surface area contributed by atoms with Crippen molar-refractivity contribution < 1.29 is 0 Å². The van der Waals surface area contributed by atoms with Crippen molar-refractivity contribution in [1.82, 2.24) is 9.55 Å². The van der Waals surface area contributed by atoms with E-state index in [1.807, 2.05) is 16.7 Å². The predicted molar refractivity (Wildman–Crippen MR) is 79.6 cm³/mol. The summed E-state index contributed by atoms with van der Waals surface area (Å²) in [6.45, 7) is 4.24. The highest BCUT2D eigenvalue weighted by Gasteiger charge is 2.11. The molecule has 3 nitrogen and oxygen atoms in total. The molecule has 0 spiro atoms. The molecule has 0 fully saturated rings. The molecule has 0 unspecified atom stereocenters. The van der Waals surface area contributed by atoms with E-state index in [1.165, 1.54) is 11.1 Å². The molecule has 0 saturated heterocycles. The second-order valence-corrected chi connectivity index (χ2v) is 4.77. The van der Waals surface area contributed by atoms with E-state index in [1.54, 1.807) is 0 Å². The first kappa shape index (κ1) is 11.8. The van der Waals surface area contributed by atoms with Crippen molar-refractivity contribution in [3.63, 3.8) is 0 Å². The molecule has 3 heteroatoms. The fourth-order valence-corrected chi connectivity index (χ4v) is 2.49. The number of hydrogen-bond donors (Lipinski definition) is 1. The van der Waals surface area contributed by atoms with Crippen molar-refractivity contribution in [3.05, 3.63) is 53.6 Å². The van der Waals surface area contributed by atoms with E-state index in [9.17, 15) is 0 Å². The molecule has 0 aliphatic heterocycles. The Balaban J connectivity index is 2.32. The van der Waals surface area contributed by atoms with Crippen LogP contribution in [0.4, 0.5) is 5.95 Å². The molecule has 2 aromatic carbocycles. The van der Waals surface area contributed by atoms with Crippen molar-refractivity contribution in [2.75, 3.05) is 5.73 Å². The van der Waals surface area contributed by atoms with Crippen LogP contribution in [0, 0.1) is 6.92 Å². The molecule has 1 heterocycles. The van der Waals surface area contributed by atoms with Crippen LogP contribution in [0.5, 0.6) is 0 Å². The number of aryl methyl sites for hydroxylation is 2. The van der Waals surface area contributed by atoms with Gasteiger partial charge in [-0.05, 0) is 42.7 Å². The summed E-state index contributed by atoms with van der Waals surface area (Å²) in [4.78, 5) is 4.45. The number of para-hydroxylation sites is 1. The Labute approximate surface area is 112 Å². The molecular weight excluding hydrogens is 234 g/mol. The molecule has 0 atom stereocenters. The number of nitrogens with two attached hydrogens (primary N) is 1. The number of benzene rings is 2. The molecule has 3 rings (SSSR count). The Hall–Kier alpha value is -2.29. The van der Waals surface area contributed by atoms with E-state index in [4.69, 9.17) is 5.73 Å². The van der Waals surface area contributed by atoms with Gasteiger partial charge in [0.1, 0.15) is 0 Å². The number of nitrogens with zero attached hydrogens (tertiary/aromatic N) is 2. The van der Waals surface area contributed by atoms with Gasteiger partial charge in [-0.3, -0.25) is 4.57 Å². The molecule has 0 aliphatic rings. The van der Waals surface area contributed by atoms with Crippen LogP contribution in [-0.4, -0.2) is 9.55 Å². The zero-order valence-corrected chi connectivity index (χ0v) is 11.2. The Kier molecular flexibility index (Phi) is 2.75. The van der Waals surface area contributed by atoms with Gasteiger partial charge in [0.25, 0.3) is 0 Å². The van der Waals surface area contributed by atoms with Gasteiger partial charge >= 0.3 is 0 Å². The number of aromatic nitrogens is 2. The molecule has 19 heavy (non-hydrogen) atoms. The Morgan fingerprint density at radius 1 is 1.16 bits per heavy atom. The first-order valence-corrected chi connectivity index (χ1v) is 6.53. The van der Waals surface area contributed by atoms with E-state index in [0.717, 1.165) is 23.1 Å². The van der Waals surface area contributed by atoms with E-state index >= 15 is 0 Å². The van der Waals surface area contributed by atoms with Crippen LogP contribution in [0.2, 0.25) is 0 Å². The largest absolute Gasteiger partial charge is 0.369 e. The maximum Gasteiger partial charge on any atom is 0.205 e. The highest BCUT2D eigenvalue weighted by molar-refractivity contribution is 5.83. The summed E-state index contributed by atoms with van der Waals surface area (Å²) in [5.74, 6) is 0.539. The van der Waals surface area contributed by atoms with Gasteiger partial charge in [-0.1, -0.05) is 31.2 Å². The van der Waals surface area contributed by atoms with Gasteiger partial charge in [0.05, 0.1) is 11.0 Å². The summed E-state index contributed by atoms with van der Waals surface area (Å²) in [5.41, 5.74) is 11.7. The van der Waals surface area contributed by atoms with Crippen LogP contribution in [0.3, 0.4) is 0 Å². The highest BCUT2D eigenvalue weighted by atomic mass is 15.2. The average Bonchev–Trinajstić information content (AvgIpc) is 2.76. The normalized spacial score (nSPS) is 11.1. The number of anilines is 1. The zero-order valence-electron chi connectivity index (χ0n) is 11.2. The monoisotopic (exact) mass is 251 g/mol. The lowest BCUT2D eigenvalue weighted by Gasteiger charge is -2.09. The predicted octanol–water partition coefficient (Wildman–Crippen LogP) is 3.48. The molecule has 3 aromatic rings. The van der Waals surface area contributed by atoms with E-state index < -0.39 is 0 Å². The second-order valence-electron chi connectivity index (χ2n) is 4.77. The summed E-state index contributed by atoms with van der Waals surface area (Å²) >= 11 is 0. The van der Waals surface area contributed by atoms with Gasteiger partial charge in [0.2, 0.25) is 5.95 Å². The third-order valence-corrected chi connectivity index (χ3v) is 3.48. The quantitative estimate of drug-likeness (QED) is 0.757. The van der Waals surface area contributed by atoms with Gasteiger partial charge in [-0.2, -0.15) is 0 Å². The molecule has 2 N–H and O–H groups in total. The van der Waals surface area contributed by atoms with Crippen LogP contribution in [0.15, 0.2) is 42.5 Å². The fourth-order valence-electron chi connectivity index (χ4n) is 2.49. The number of imidazole rings is 1. The van der Waals surface area contributed by atoms with Crippen LogP contribution >= 0.6 is 0 Å². The van der Waals surface area contributed by atoms with Gasteiger partial charge in [0.15, 0.2) is 0 Å². The summed E-state index contributed by atoms with van der Waals surface area (Å²) in [6.07, 6.45) is 1.01. The zero-order chi connectivity index (χ0) is 13.4. The van der Waals surface area contributed by atoms with Crippen molar-refractivity contribution in [3.8, 4) is 5.69 Å². The standard InChI is InChI=1S/C16H17N3/c1-3-12-7-5-8-13(10-12)19-15-11(2)6-4-9-14(15)18-16(19)17/h4-10H,3H2,1-2H3,(H2,17,18). The number of nitrogen functional groups attached to an aromatic ring is 1. The van der Waals surface area contributed by atoms with Gasteiger partial charge < -0.3 is 5.73 Å². The van der Waals surface area contributed by atoms with Crippen LogP contribution in [0.25, 0.3) is 16.7 Å². The maximum atomic E-state index is 6.10. The third-order valence-electron chi connectivity index (χ3n) is 3.48. The van der Waals surface area contributed by atoms with E-state index in [-0.39, 0.29) is 0 Å². The van der Waals surface area contributed by atoms with Crippen molar-refractivity contribution in [2.24, 2.45) is 0 Å². The Morgan fingerprint density at radius 2 is 1.95 bits per heavy atom. The molecule has 0 radical (unpaired) electrons. The van der Waals surface area contributed by atoms with E-state index in [0.29, 0.717) is 5.95 Å². The molecule has 0 amide bonds. The maximum absolute atomic E-state index is 6.10. The summed E-state index contributed by atoms with van der Waals surface area (Å²) < 4.78 is 2.03. The number of fused-ring (bicyclic) bond motifs is 1. The van der Waals surface area contributed by atoms with Crippen LogP contribution in [0.1, 0.15) is 18.1 Å². The lowest BCUT2D eigenvalue weighted by molar-refractivity contribution is 1.07. The van der Waals surface area contributed by atoms with Gasteiger partial charge in [0, 0.05) is 5.69 Å². The average molecular weight is 251 g/mol. The van der Waals surface area contributed by atoms with Crippen molar-refractivity contribution in [1.29, 1.82) is 0 Å². The Morgan fingerprint density at radius 3 is 2.74 bits per heavy atom. The number of rotatable bonds is 2. The fraction of sp³-hybridized carbons (Fsp3) is 0.188. The SMILES string of the molecule is CCc1cccc(-n2c(N)nc3cccc(C)c32)c1. The van der Waals surface area contributed by atoms with Crippen molar-refractivity contribution in [2.45, 2.75) is 20.3 Å². The first-order chi connectivity index (χ1) is 9.20. The third kappa shape index (κ3) is 1.87. The minimum atomic E-state index is 0.539. The summed E-state index contributed by atoms with van der Waals surface area (Å²) in [5, 5.41) is 0. The lowest BCUT2D eigenvalue weighted by Crippen LogP contribution is -2.01. The molecule has 0 aliphatic carbocycles. The minimum Gasteiger partial charge on any atom is -0.369 e. The second kappa shape index (κ2) is 4.43. The lowest BCUT2D eigenvalue weighted by atomic mass is 10.1. The highest BCUT2D eigenvalue weighted by Crippen LogP contribution is 2.26. The summed E-state index contributed by atoms with van der Waals surface area (Å²) in [6, 6.07) is 14.5. The first-order valence-electron chi connectivity index (χ1n) is 6.53. The minimum absolute atomic E-state index is 0.539. The van der Waals surface area contributed by atoms with Gasteiger partial charge in [-0.25, -0.2) is 4.98 Å². The van der Waals surface area contributed by atoms with Crippen LogP contribution < -0.4 is 5.73 Å². The topological polar surface area (TPSA) is 43.8 Å². The van der Waals surface area contributed by atoms with E-state index in [2.05, 4.69) is 49.2 Å². The van der Waals surface area contributed by atoms with Crippen molar-refractivity contribution >= 4 is 17.0 Å². The van der Waals surface area contributed by atoms with Crippen LogP contribution in [-0.2, 0) is 6.42 Å². The molecule has 1 aromatic heterocycles. The summed E-state index contributed by atoms with van der Waals surface area (Å²) in [7, 11) is 0. The smallest absolute Gasteiger partial charge is 0.205 e.